The molecule has 0 bridgehead atoms. The Hall–Kier alpha value is -0.830. The first-order valence-electron chi connectivity index (χ1n) is 4.50. The molecule has 2 rings (SSSR count). The maximum absolute atomic E-state index is 4.33. The van der Waals surface area contributed by atoms with E-state index in [-0.39, 0.29) is 0 Å². The molecule has 0 aliphatic carbocycles. The Labute approximate surface area is 72.8 Å². The van der Waals surface area contributed by atoms with Crippen LogP contribution < -0.4 is 5.32 Å². The lowest BCUT2D eigenvalue weighted by Crippen LogP contribution is -2.35. The van der Waals surface area contributed by atoms with Crippen LogP contribution in [0.4, 0.5) is 0 Å². The van der Waals surface area contributed by atoms with E-state index in [4.69, 9.17) is 0 Å². The number of aromatic nitrogens is 2. The highest BCUT2D eigenvalue weighted by Gasteiger charge is 2.18. The predicted molar refractivity (Wildman–Crippen MR) is 48.1 cm³/mol. The second-order valence-electron chi connectivity index (χ2n) is 3.48. The van der Waals surface area contributed by atoms with Crippen LogP contribution in [-0.4, -0.2) is 22.9 Å². The van der Waals surface area contributed by atoms with E-state index in [1.807, 2.05) is 13.2 Å². The van der Waals surface area contributed by atoms with Crippen molar-refractivity contribution in [2.75, 3.05) is 7.05 Å². The maximum Gasteiger partial charge on any atom is 0.0565 e. The van der Waals surface area contributed by atoms with Gasteiger partial charge in [-0.1, -0.05) is 0 Å². The Morgan fingerprint density at radius 1 is 1.67 bits per heavy atom. The van der Waals surface area contributed by atoms with Crippen molar-refractivity contribution >= 4 is 0 Å². The van der Waals surface area contributed by atoms with Crippen molar-refractivity contribution in [3.05, 3.63) is 17.5 Å². The van der Waals surface area contributed by atoms with Gasteiger partial charge in [0.1, 0.15) is 0 Å². The molecule has 0 radical (unpaired) electrons. The Morgan fingerprint density at radius 2 is 2.50 bits per heavy atom. The second kappa shape index (κ2) is 2.90. The summed E-state index contributed by atoms with van der Waals surface area (Å²) < 4.78 is 2.12. The highest BCUT2D eigenvalue weighted by atomic mass is 15.3. The minimum Gasteiger partial charge on any atom is -0.315 e. The SMILES string of the molecule is CNC1CCc2c(C)cnn2C1. The van der Waals surface area contributed by atoms with E-state index in [0.717, 1.165) is 13.0 Å². The van der Waals surface area contributed by atoms with Crippen molar-refractivity contribution in [2.24, 2.45) is 0 Å². The number of nitrogens with zero attached hydrogens (tertiary/aromatic N) is 2. The number of hydrogen-bond donors (Lipinski definition) is 1. The van der Waals surface area contributed by atoms with Crippen molar-refractivity contribution in [2.45, 2.75) is 32.4 Å². The number of likely N-dealkylation sites (N-methyl/N-ethyl adjacent to an activating group) is 1. The summed E-state index contributed by atoms with van der Waals surface area (Å²) in [4.78, 5) is 0. The van der Waals surface area contributed by atoms with Gasteiger partial charge in [-0.3, -0.25) is 4.68 Å². The number of hydrogen-bond acceptors (Lipinski definition) is 2. The summed E-state index contributed by atoms with van der Waals surface area (Å²) in [5.74, 6) is 0. The van der Waals surface area contributed by atoms with Crippen LogP contribution in [-0.2, 0) is 13.0 Å². The quantitative estimate of drug-likeness (QED) is 0.664. The molecule has 0 saturated heterocycles. The Bertz CT molecular complexity index is 277. The van der Waals surface area contributed by atoms with Gasteiger partial charge in [-0.2, -0.15) is 5.10 Å². The van der Waals surface area contributed by atoms with Gasteiger partial charge in [0.05, 0.1) is 12.7 Å². The summed E-state index contributed by atoms with van der Waals surface area (Å²) in [6.07, 6.45) is 4.37. The first kappa shape index (κ1) is 7.80. The standard InChI is InChI=1S/C9H15N3/c1-7-5-11-12-6-8(10-2)3-4-9(7)12/h5,8,10H,3-4,6H2,1-2H3. The van der Waals surface area contributed by atoms with Crippen LogP contribution in [0.3, 0.4) is 0 Å². The lowest BCUT2D eigenvalue weighted by atomic mass is 10.0. The van der Waals surface area contributed by atoms with Crippen LogP contribution in [0.15, 0.2) is 6.20 Å². The Balaban J connectivity index is 2.24. The molecular formula is C9H15N3. The molecule has 0 saturated carbocycles. The van der Waals surface area contributed by atoms with E-state index >= 15 is 0 Å². The van der Waals surface area contributed by atoms with Crippen molar-refractivity contribution in [3.63, 3.8) is 0 Å². The topological polar surface area (TPSA) is 29.9 Å². The largest absolute Gasteiger partial charge is 0.315 e. The van der Waals surface area contributed by atoms with Gasteiger partial charge in [-0.05, 0) is 32.4 Å². The molecule has 0 spiro atoms. The lowest BCUT2D eigenvalue weighted by molar-refractivity contribution is 0.381. The van der Waals surface area contributed by atoms with Gasteiger partial charge in [0.2, 0.25) is 0 Å². The molecule has 0 aromatic carbocycles. The molecule has 1 aliphatic heterocycles. The zero-order chi connectivity index (χ0) is 8.55. The lowest BCUT2D eigenvalue weighted by Gasteiger charge is -2.23. The molecule has 1 atom stereocenters. The summed E-state index contributed by atoms with van der Waals surface area (Å²) in [5, 5.41) is 7.62. The van der Waals surface area contributed by atoms with Crippen LogP contribution in [0.5, 0.6) is 0 Å². The first-order valence-corrected chi connectivity index (χ1v) is 4.50. The van der Waals surface area contributed by atoms with Crippen LogP contribution >= 0.6 is 0 Å². The van der Waals surface area contributed by atoms with Gasteiger partial charge in [-0.15, -0.1) is 0 Å². The van der Waals surface area contributed by atoms with Crippen molar-refractivity contribution in [1.29, 1.82) is 0 Å². The van der Waals surface area contributed by atoms with Gasteiger partial charge >= 0.3 is 0 Å². The first-order chi connectivity index (χ1) is 5.81. The fourth-order valence-corrected chi connectivity index (χ4v) is 1.83. The second-order valence-corrected chi connectivity index (χ2v) is 3.48. The van der Waals surface area contributed by atoms with Gasteiger partial charge < -0.3 is 5.32 Å². The third kappa shape index (κ3) is 1.14. The fourth-order valence-electron chi connectivity index (χ4n) is 1.83. The van der Waals surface area contributed by atoms with Crippen molar-refractivity contribution < 1.29 is 0 Å². The average molecular weight is 165 g/mol. The summed E-state index contributed by atoms with van der Waals surface area (Å²) in [7, 11) is 2.02. The van der Waals surface area contributed by atoms with Crippen LogP contribution in [0.1, 0.15) is 17.7 Å². The zero-order valence-electron chi connectivity index (χ0n) is 7.67. The number of fused-ring (bicyclic) bond motifs is 1. The Morgan fingerprint density at radius 3 is 3.25 bits per heavy atom. The van der Waals surface area contributed by atoms with E-state index < -0.39 is 0 Å². The summed E-state index contributed by atoms with van der Waals surface area (Å²) in [6.45, 7) is 3.16. The smallest absolute Gasteiger partial charge is 0.0565 e. The number of rotatable bonds is 1. The normalized spacial score (nSPS) is 22.3. The molecule has 1 N–H and O–H groups in total. The number of aryl methyl sites for hydroxylation is 1. The van der Waals surface area contributed by atoms with Gasteiger partial charge in [0.25, 0.3) is 0 Å². The minimum absolute atomic E-state index is 0.608. The third-order valence-corrected chi connectivity index (χ3v) is 2.69. The van der Waals surface area contributed by atoms with E-state index in [1.165, 1.54) is 17.7 Å². The van der Waals surface area contributed by atoms with Gasteiger partial charge in [0, 0.05) is 11.7 Å². The monoisotopic (exact) mass is 165 g/mol. The third-order valence-electron chi connectivity index (χ3n) is 2.69. The minimum atomic E-state index is 0.608. The fraction of sp³-hybridized carbons (Fsp3) is 0.667. The molecular weight excluding hydrogens is 150 g/mol. The van der Waals surface area contributed by atoms with Crippen LogP contribution in [0.2, 0.25) is 0 Å². The molecule has 2 heterocycles. The summed E-state index contributed by atoms with van der Waals surface area (Å²) in [6, 6.07) is 0.608. The highest BCUT2D eigenvalue weighted by Crippen LogP contribution is 2.16. The van der Waals surface area contributed by atoms with Gasteiger partial charge in [0.15, 0.2) is 0 Å². The van der Waals surface area contributed by atoms with E-state index in [9.17, 15) is 0 Å². The van der Waals surface area contributed by atoms with E-state index in [1.54, 1.807) is 0 Å². The molecule has 3 heteroatoms. The number of nitrogens with one attached hydrogen (secondary N) is 1. The predicted octanol–water partition coefficient (Wildman–Crippen LogP) is 0.726. The van der Waals surface area contributed by atoms with Crippen molar-refractivity contribution in [3.8, 4) is 0 Å². The molecule has 3 nitrogen and oxygen atoms in total. The zero-order valence-corrected chi connectivity index (χ0v) is 7.67. The molecule has 1 aromatic heterocycles. The van der Waals surface area contributed by atoms with Crippen LogP contribution in [0, 0.1) is 6.92 Å². The molecule has 1 unspecified atom stereocenters. The van der Waals surface area contributed by atoms with Crippen molar-refractivity contribution in [1.82, 2.24) is 15.1 Å². The molecule has 0 fully saturated rings. The molecule has 1 aliphatic rings. The summed E-state index contributed by atoms with van der Waals surface area (Å²) >= 11 is 0. The highest BCUT2D eigenvalue weighted by molar-refractivity contribution is 5.17. The summed E-state index contributed by atoms with van der Waals surface area (Å²) in [5.41, 5.74) is 2.76. The van der Waals surface area contributed by atoms with E-state index in [2.05, 4.69) is 22.0 Å². The average Bonchev–Trinajstić information content (AvgIpc) is 2.47. The van der Waals surface area contributed by atoms with Gasteiger partial charge in [-0.25, -0.2) is 0 Å². The maximum atomic E-state index is 4.33. The Kier molecular flexibility index (Phi) is 1.89. The molecule has 0 amide bonds. The molecule has 66 valence electrons. The molecule has 12 heavy (non-hydrogen) atoms. The van der Waals surface area contributed by atoms with E-state index in [0.29, 0.717) is 6.04 Å². The van der Waals surface area contributed by atoms with Crippen LogP contribution in [0.25, 0.3) is 0 Å². The molecule has 1 aromatic rings.